The van der Waals surface area contributed by atoms with E-state index in [4.69, 9.17) is 20.2 Å². The Balaban J connectivity index is 1.27. The van der Waals surface area contributed by atoms with Gasteiger partial charge in [0.25, 0.3) is 0 Å². The van der Waals surface area contributed by atoms with E-state index in [0.717, 1.165) is 37.2 Å². The lowest BCUT2D eigenvalue weighted by molar-refractivity contribution is -0.523. The Kier molecular flexibility index (Phi) is 8.61. The molecule has 17 heteroatoms. The molecule has 7 rings (SSSR count). The van der Waals surface area contributed by atoms with Crippen LogP contribution in [0.3, 0.4) is 0 Å². The summed E-state index contributed by atoms with van der Waals surface area (Å²) in [6.07, 6.45) is -4.71. The zero-order chi connectivity index (χ0) is 34.0. The Hall–Kier alpha value is -3.41. The Bertz CT molecular complexity index is 1760. The fraction of sp³-hybridized carbons (Fsp3) is 0.548. The summed E-state index contributed by atoms with van der Waals surface area (Å²) in [6, 6.07) is 1.64. The third kappa shape index (κ3) is 5.81. The number of anilines is 2. The number of nitrogens with zero attached hydrogens (tertiary/aromatic N) is 6. The monoisotopic (exact) mass is 741 g/mol. The normalized spacial score (nSPS) is 24.3. The third-order valence-electron chi connectivity index (χ3n) is 9.85. The first-order chi connectivity index (χ1) is 22.9. The second-order valence-corrected chi connectivity index (χ2v) is 13.6. The van der Waals surface area contributed by atoms with Crippen molar-refractivity contribution in [2.24, 2.45) is 0 Å². The molecule has 48 heavy (non-hydrogen) atoms. The summed E-state index contributed by atoms with van der Waals surface area (Å²) in [5.74, 6) is -0.963. The molecule has 3 atom stereocenters. The number of hydrogen-bond donors (Lipinski definition) is 2. The molecule has 6 heterocycles. The molecule has 1 aromatic carbocycles. The van der Waals surface area contributed by atoms with E-state index in [1.54, 1.807) is 11.7 Å². The van der Waals surface area contributed by atoms with E-state index in [2.05, 4.69) is 30.9 Å². The highest BCUT2D eigenvalue weighted by Gasteiger charge is 2.49. The molecule has 0 saturated carbocycles. The van der Waals surface area contributed by atoms with Gasteiger partial charge in [-0.15, -0.1) is 0 Å². The summed E-state index contributed by atoms with van der Waals surface area (Å²) < 4.78 is 86.5. The van der Waals surface area contributed by atoms with Crippen LogP contribution in [0.2, 0.25) is 0 Å². The van der Waals surface area contributed by atoms with Gasteiger partial charge < -0.3 is 20.1 Å². The maximum absolute atomic E-state index is 15.3. The lowest BCUT2D eigenvalue weighted by atomic mass is 9.94. The Morgan fingerprint density at radius 1 is 1.23 bits per heavy atom. The minimum absolute atomic E-state index is 0.00899. The molecule has 0 spiro atoms. The minimum Gasteiger partial charge on any atom is -0.461 e. The van der Waals surface area contributed by atoms with Crippen LogP contribution in [0.5, 0.6) is 6.01 Å². The number of alkyl halides is 4. The number of aryl methyl sites for hydroxylation is 1. The number of benzene rings is 1. The summed E-state index contributed by atoms with van der Waals surface area (Å²) in [4.78, 5) is 26.0. The first kappa shape index (κ1) is 33.1. The van der Waals surface area contributed by atoms with Gasteiger partial charge in [0.05, 0.1) is 59.0 Å². The highest BCUT2D eigenvalue weighted by atomic mass is 79.9. The number of rotatable bonds is 6. The van der Waals surface area contributed by atoms with Crippen LogP contribution >= 0.6 is 15.9 Å². The molecule has 4 aliphatic heterocycles. The first-order valence-corrected chi connectivity index (χ1v) is 16.7. The van der Waals surface area contributed by atoms with Gasteiger partial charge in [0, 0.05) is 43.6 Å². The number of nitrogen functional groups attached to an aromatic ring is 1. The summed E-state index contributed by atoms with van der Waals surface area (Å²) in [5.41, 5.74) is 4.88. The summed E-state index contributed by atoms with van der Waals surface area (Å²) in [5, 5.41) is 5.96. The molecule has 3 aromatic rings. The topological polar surface area (TPSA) is 128 Å². The van der Waals surface area contributed by atoms with Crippen molar-refractivity contribution in [2.75, 3.05) is 43.9 Å². The fourth-order valence-corrected chi connectivity index (χ4v) is 8.12. The Labute approximate surface area is 281 Å². The molecule has 4 N–H and O–H groups in total. The SMILES string of the molecule is C[NH2+]C(=O)c1nn2c(c1Br)CN(c1nc(OC[C@@]34CCCN3C[C@H](F)C4)nc3c1CO[C@H](c1c(C(F)(F)F)ccc(N)c1F)C3)CCC2. The predicted molar refractivity (Wildman–Crippen MR) is 165 cm³/mol. The molecule has 0 bridgehead atoms. The van der Waals surface area contributed by atoms with Gasteiger partial charge in [-0.2, -0.15) is 28.2 Å². The number of halogens is 6. The van der Waals surface area contributed by atoms with Crippen molar-refractivity contribution >= 4 is 33.3 Å². The number of hydrogen-bond acceptors (Lipinski definition) is 9. The van der Waals surface area contributed by atoms with E-state index in [9.17, 15) is 22.4 Å². The Morgan fingerprint density at radius 2 is 2.04 bits per heavy atom. The van der Waals surface area contributed by atoms with E-state index in [-0.39, 0.29) is 31.6 Å². The van der Waals surface area contributed by atoms with Crippen molar-refractivity contribution in [2.45, 2.75) is 75.8 Å². The average molecular weight is 743 g/mol. The van der Waals surface area contributed by atoms with Gasteiger partial charge in [0.15, 0.2) is 5.82 Å². The zero-order valence-corrected chi connectivity index (χ0v) is 27.7. The minimum atomic E-state index is -4.85. The van der Waals surface area contributed by atoms with Gasteiger partial charge in [-0.1, -0.05) is 0 Å². The molecule has 0 unspecified atom stereocenters. The van der Waals surface area contributed by atoms with Crippen LogP contribution in [0.1, 0.15) is 70.4 Å². The van der Waals surface area contributed by atoms with Gasteiger partial charge in [-0.05, 0) is 53.9 Å². The number of primary amides is 1. The van der Waals surface area contributed by atoms with Crippen molar-refractivity contribution in [3.8, 4) is 6.01 Å². The molecule has 1 amide bonds. The fourth-order valence-electron chi connectivity index (χ4n) is 7.52. The van der Waals surface area contributed by atoms with Crippen LogP contribution in [-0.2, 0) is 37.0 Å². The highest BCUT2D eigenvalue weighted by Crippen LogP contribution is 2.44. The molecule has 2 aromatic heterocycles. The number of quaternary nitrogens is 1. The Morgan fingerprint density at radius 3 is 2.81 bits per heavy atom. The molecule has 0 aliphatic carbocycles. The highest BCUT2D eigenvalue weighted by molar-refractivity contribution is 9.10. The molecule has 4 aliphatic rings. The summed E-state index contributed by atoms with van der Waals surface area (Å²) >= 11 is 3.56. The predicted octanol–water partition coefficient (Wildman–Crippen LogP) is 3.69. The number of carbonyl (C=O) groups excluding carboxylic acids is 1. The molecular formula is C31H35BrF5N8O3+. The van der Waals surface area contributed by atoms with E-state index < -0.39 is 46.6 Å². The molecule has 2 saturated heterocycles. The maximum atomic E-state index is 15.3. The number of nitrogens with two attached hydrogens (primary N) is 2. The van der Waals surface area contributed by atoms with Crippen molar-refractivity contribution in [1.29, 1.82) is 0 Å². The van der Waals surface area contributed by atoms with Crippen molar-refractivity contribution in [3.63, 3.8) is 0 Å². The first-order valence-electron chi connectivity index (χ1n) is 15.9. The molecule has 11 nitrogen and oxygen atoms in total. The van der Waals surface area contributed by atoms with Gasteiger partial charge in [-0.25, -0.2) is 13.6 Å². The van der Waals surface area contributed by atoms with E-state index in [1.165, 1.54) is 5.32 Å². The van der Waals surface area contributed by atoms with E-state index in [1.807, 2.05) is 4.90 Å². The number of amides is 1. The molecular weight excluding hydrogens is 707 g/mol. The zero-order valence-electron chi connectivity index (χ0n) is 26.1. The van der Waals surface area contributed by atoms with Gasteiger partial charge in [0.2, 0.25) is 5.69 Å². The van der Waals surface area contributed by atoms with Gasteiger partial charge in [-0.3, -0.25) is 14.9 Å². The van der Waals surface area contributed by atoms with E-state index in [0.29, 0.717) is 66.3 Å². The molecule has 0 radical (unpaired) electrons. The second kappa shape index (κ2) is 12.5. The van der Waals surface area contributed by atoms with Crippen molar-refractivity contribution in [1.82, 2.24) is 24.6 Å². The molecule has 258 valence electrons. The number of fused-ring (bicyclic) bond motifs is 3. The van der Waals surface area contributed by atoms with E-state index >= 15 is 4.39 Å². The lowest BCUT2D eigenvalue weighted by Crippen LogP contribution is -2.84. The largest absolute Gasteiger partial charge is 0.461 e. The molecule has 2 fully saturated rings. The van der Waals surface area contributed by atoms with Crippen LogP contribution in [0, 0.1) is 5.82 Å². The van der Waals surface area contributed by atoms with Crippen LogP contribution < -0.4 is 20.7 Å². The van der Waals surface area contributed by atoms with Crippen LogP contribution in [-0.4, -0.2) is 75.6 Å². The standard InChI is InChI=1S/C31H34BrF5N8O3/c1-39-28(46)26-24(32)21-13-43(7-3-9-45(21)42-26)27-17-14-47-22(23-18(31(35,36)37)4-5-19(38)25(23)34)10-20(17)40-29(41-27)48-15-30-6-2-8-44(30)12-16(33)11-30/h4-5,16,22H,2-3,6-15,38H2,1H3,(H,39,46)/p+1/t16-,22+,30+/m1/s1. The average Bonchev–Trinajstić information content (AvgIpc) is 3.62. The van der Waals surface area contributed by atoms with Crippen molar-refractivity contribution in [3.05, 3.63) is 56.2 Å². The number of aromatic nitrogens is 4. The second-order valence-electron chi connectivity index (χ2n) is 12.8. The quantitative estimate of drug-likeness (QED) is 0.287. The van der Waals surface area contributed by atoms with Gasteiger partial charge >= 0.3 is 18.1 Å². The third-order valence-corrected chi connectivity index (χ3v) is 10.7. The summed E-state index contributed by atoms with van der Waals surface area (Å²) in [6.45, 7) is 2.40. The summed E-state index contributed by atoms with van der Waals surface area (Å²) in [7, 11) is 1.64. The van der Waals surface area contributed by atoms with Gasteiger partial charge in [0.1, 0.15) is 18.6 Å². The smallest absolute Gasteiger partial charge is 0.416 e. The van der Waals surface area contributed by atoms with Crippen LogP contribution in [0.25, 0.3) is 0 Å². The van der Waals surface area contributed by atoms with Crippen LogP contribution in [0.15, 0.2) is 16.6 Å². The van der Waals surface area contributed by atoms with Crippen LogP contribution in [0.4, 0.5) is 33.5 Å². The lowest BCUT2D eigenvalue weighted by Gasteiger charge is -2.33. The number of carbonyl (C=O) groups is 1. The number of ether oxygens (including phenoxy) is 2. The van der Waals surface area contributed by atoms with Crippen molar-refractivity contribution < 1.29 is 41.5 Å². The maximum Gasteiger partial charge on any atom is 0.416 e.